The van der Waals surface area contributed by atoms with Crippen LogP contribution in [0.4, 0.5) is 0 Å². The summed E-state index contributed by atoms with van der Waals surface area (Å²) in [7, 11) is 0. The largest absolute Gasteiger partial charge is 0.507 e. The number of phenols is 1. The number of benzene rings is 1. The fourth-order valence-electron chi connectivity index (χ4n) is 1.14. The van der Waals surface area contributed by atoms with Crippen molar-refractivity contribution in [2.45, 2.75) is 0 Å². The Balaban J connectivity index is 2.61. The first-order valence-electron chi connectivity index (χ1n) is 3.83. The maximum absolute atomic E-state index is 9.59. The molecule has 0 saturated heterocycles. The number of aromatic nitrogens is 1. The van der Waals surface area contributed by atoms with Gasteiger partial charge in [-0.2, -0.15) is 0 Å². The predicted molar refractivity (Wildman–Crippen MR) is 61.6 cm³/mol. The molecular formula is C9H6ClNOS2. The molecule has 2 rings (SSSR count). The average molecular weight is 244 g/mol. The number of hydrogen-bond acceptors (Lipinski definition) is 3. The van der Waals surface area contributed by atoms with Crippen molar-refractivity contribution >= 4 is 35.2 Å². The van der Waals surface area contributed by atoms with Gasteiger partial charge in [0.15, 0.2) is 3.95 Å². The van der Waals surface area contributed by atoms with Crippen molar-refractivity contribution in [3.8, 4) is 17.0 Å². The van der Waals surface area contributed by atoms with E-state index in [0.29, 0.717) is 14.5 Å². The number of aromatic amines is 1. The van der Waals surface area contributed by atoms with Crippen molar-refractivity contribution in [1.82, 2.24) is 4.98 Å². The summed E-state index contributed by atoms with van der Waals surface area (Å²) in [4.78, 5) is 2.98. The van der Waals surface area contributed by atoms with Crippen LogP contribution in [0.15, 0.2) is 23.6 Å². The number of rotatable bonds is 1. The van der Waals surface area contributed by atoms with Gasteiger partial charge in [0.2, 0.25) is 0 Å². The Kier molecular flexibility index (Phi) is 2.58. The van der Waals surface area contributed by atoms with Crippen LogP contribution in [-0.4, -0.2) is 10.1 Å². The Labute approximate surface area is 94.8 Å². The van der Waals surface area contributed by atoms with Crippen molar-refractivity contribution < 1.29 is 5.11 Å². The third kappa shape index (κ3) is 1.82. The lowest BCUT2D eigenvalue weighted by atomic mass is 10.1. The van der Waals surface area contributed by atoms with Crippen molar-refractivity contribution in [3.05, 3.63) is 32.6 Å². The molecule has 2 aromatic rings. The third-order valence-electron chi connectivity index (χ3n) is 1.77. The van der Waals surface area contributed by atoms with Crippen molar-refractivity contribution in [1.29, 1.82) is 0 Å². The normalized spacial score (nSPS) is 10.4. The molecule has 0 fully saturated rings. The second kappa shape index (κ2) is 3.73. The number of phenolic OH excluding ortho intramolecular Hbond substituents is 1. The number of hydrogen-bond donors (Lipinski definition) is 2. The molecule has 0 spiro atoms. The highest BCUT2D eigenvalue weighted by Gasteiger charge is 2.05. The summed E-state index contributed by atoms with van der Waals surface area (Å²) < 4.78 is 0.680. The minimum absolute atomic E-state index is 0.193. The van der Waals surface area contributed by atoms with Gasteiger partial charge in [-0.25, -0.2) is 0 Å². The fraction of sp³-hybridized carbons (Fsp3) is 0. The van der Waals surface area contributed by atoms with E-state index in [4.69, 9.17) is 23.8 Å². The molecule has 0 bridgehead atoms. The Morgan fingerprint density at radius 1 is 1.43 bits per heavy atom. The topological polar surface area (TPSA) is 36.0 Å². The molecule has 2 nitrogen and oxygen atoms in total. The van der Waals surface area contributed by atoms with Gasteiger partial charge in [-0.1, -0.05) is 11.6 Å². The summed E-state index contributed by atoms with van der Waals surface area (Å²) in [5.74, 6) is 0.193. The van der Waals surface area contributed by atoms with Gasteiger partial charge in [-0.05, 0) is 30.4 Å². The predicted octanol–water partition coefficient (Wildman–Crippen LogP) is 3.83. The van der Waals surface area contributed by atoms with Crippen LogP contribution in [0.2, 0.25) is 5.02 Å². The van der Waals surface area contributed by atoms with Gasteiger partial charge in [-0.15, -0.1) is 11.3 Å². The molecule has 1 aromatic carbocycles. The highest BCUT2D eigenvalue weighted by molar-refractivity contribution is 7.73. The number of halogens is 1. The molecule has 0 aliphatic heterocycles. The second-order valence-corrected chi connectivity index (χ2v) is 4.71. The number of thiazole rings is 1. The Morgan fingerprint density at radius 2 is 2.21 bits per heavy atom. The van der Waals surface area contributed by atoms with Crippen LogP contribution in [0, 0.1) is 3.95 Å². The molecule has 1 aromatic heterocycles. The van der Waals surface area contributed by atoms with E-state index >= 15 is 0 Å². The van der Waals surface area contributed by atoms with Crippen LogP contribution >= 0.6 is 35.2 Å². The van der Waals surface area contributed by atoms with Gasteiger partial charge in [0.1, 0.15) is 5.75 Å². The standard InChI is InChI=1S/C9H6ClNOS2/c10-5-1-2-8(12)6(3-5)7-4-14-9(13)11-7/h1-4,12H,(H,11,13). The zero-order chi connectivity index (χ0) is 10.1. The smallest absolute Gasteiger partial charge is 0.158 e. The quantitative estimate of drug-likeness (QED) is 0.747. The van der Waals surface area contributed by atoms with Crippen LogP contribution in [0.25, 0.3) is 11.3 Å². The summed E-state index contributed by atoms with van der Waals surface area (Å²) >= 11 is 12.2. The average Bonchev–Trinajstić information content (AvgIpc) is 2.56. The lowest BCUT2D eigenvalue weighted by Crippen LogP contribution is -1.78. The van der Waals surface area contributed by atoms with E-state index in [-0.39, 0.29) is 5.75 Å². The third-order valence-corrected chi connectivity index (χ3v) is 3.06. The van der Waals surface area contributed by atoms with Gasteiger partial charge in [-0.3, -0.25) is 0 Å². The molecule has 1 heterocycles. The second-order valence-electron chi connectivity index (χ2n) is 2.72. The van der Waals surface area contributed by atoms with Crippen molar-refractivity contribution in [3.63, 3.8) is 0 Å². The lowest BCUT2D eigenvalue weighted by molar-refractivity contribution is 0.477. The van der Waals surface area contributed by atoms with E-state index in [2.05, 4.69) is 4.98 Å². The molecule has 5 heteroatoms. The van der Waals surface area contributed by atoms with Gasteiger partial charge < -0.3 is 10.1 Å². The van der Waals surface area contributed by atoms with Crippen LogP contribution in [0.3, 0.4) is 0 Å². The molecule has 0 atom stereocenters. The SMILES string of the molecule is Oc1ccc(Cl)cc1-c1csc(=S)[nH]1. The number of H-pyrrole nitrogens is 1. The summed E-state index contributed by atoms with van der Waals surface area (Å²) in [5, 5.41) is 12.0. The van der Waals surface area contributed by atoms with Crippen molar-refractivity contribution in [2.75, 3.05) is 0 Å². The van der Waals surface area contributed by atoms with E-state index in [1.807, 2.05) is 5.38 Å². The zero-order valence-corrected chi connectivity index (χ0v) is 9.34. The highest BCUT2D eigenvalue weighted by Crippen LogP contribution is 2.31. The van der Waals surface area contributed by atoms with E-state index in [9.17, 15) is 5.11 Å². The first kappa shape index (κ1) is 9.71. The van der Waals surface area contributed by atoms with Gasteiger partial charge in [0.05, 0.1) is 5.69 Å². The van der Waals surface area contributed by atoms with Gasteiger partial charge in [0.25, 0.3) is 0 Å². The van der Waals surface area contributed by atoms with E-state index < -0.39 is 0 Å². The summed E-state index contributed by atoms with van der Waals surface area (Å²) in [6.45, 7) is 0. The monoisotopic (exact) mass is 243 g/mol. The number of nitrogens with one attached hydrogen (secondary N) is 1. The first-order valence-corrected chi connectivity index (χ1v) is 5.50. The highest BCUT2D eigenvalue weighted by atomic mass is 35.5. The Hall–Kier alpha value is -0.840. The van der Waals surface area contributed by atoms with E-state index in [1.165, 1.54) is 11.3 Å². The Morgan fingerprint density at radius 3 is 2.86 bits per heavy atom. The van der Waals surface area contributed by atoms with Gasteiger partial charge >= 0.3 is 0 Å². The van der Waals surface area contributed by atoms with Crippen LogP contribution in [0.1, 0.15) is 0 Å². The number of aromatic hydroxyl groups is 1. The molecule has 0 aliphatic rings. The zero-order valence-electron chi connectivity index (χ0n) is 6.95. The molecule has 0 saturated carbocycles. The molecule has 2 N–H and O–H groups in total. The van der Waals surface area contributed by atoms with Crippen LogP contribution < -0.4 is 0 Å². The van der Waals surface area contributed by atoms with E-state index in [0.717, 1.165) is 5.69 Å². The fourth-order valence-corrected chi connectivity index (χ4v) is 2.14. The van der Waals surface area contributed by atoms with E-state index in [1.54, 1.807) is 18.2 Å². The molecule has 14 heavy (non-hydrogen) atoms. The van der Waals surface area contributed by atoms with Crippen LogP contribution in [-0.2, 0) is 0 Å². The van der Waals surface area contributed by atoms with Crippen molar-refractivity contribution in [2.24, 2.45) is 0 Å². The maximum Gasteiger partial charge on any atom is 0.158 e. The van der Waals surface area contributed by atoms with Crippen LogP contribution in [0.5, 0.6) is 5.75 Å². The van der Waals surface area contributed by atoms with Gasteiger partial charge in [0, 0.05) is 16.0 Å². The molecular weight excluding hydrogens is 238 g/mol. The minimum atomic E-state index is 0.193. The Bertz CT molecular complexity index is 518. The summed E-state index contributed by atoms with van der Waals surface area (Å²) in [6.07, 6.45) is 0. The minimum Gasteiger partial charge on any atom is -0.507 e. The molecule has 0 aliphatic carbocycles. The molecule has 0 unspecified atom stereocenters. The lowest BCUT2D eigenvalue weighted by Gasteiger charge is -2.01. The summed E-state index contributed by atoms with van der Waals surface area (Å²) in [6, 6.07) is 4.90. The molecule has 72 valence electrons. The first-order chi connectivity index (χ1) is 6.66. The summed E-state index contributed by atoms with van der Waals surface area (Å²) in [5.41, 5.74) is 1.46. The molecule has 0 radical (unpaired) electrons. The molecule has 0 amide bonds. The maximum atomic E-state index is 9.59.